The molecule has 0 unspecified atom stereocenters. The van der Waals surface area contributed by atoms with Gasteiger partial charge in [0.2, 0.25) is 0 Å². The number of ether oxygens (including phenoxy) is 1. The summed E-state index contributed by atoms with van der Waals surface area (Å²) in [5.74, 6) is -1.16. The van der Waals surface area contributed by atoms with Gasteiger partial charge in [0.05, 0.1) is 12.0 Å². The molecule has 0 bridgehead atoms. The summed E-state index contributed by atoms with van der Waals surface area (Å²) in [5.41, 5.74) is 0.956. The van der Waals surface area contributed by atoms with Crippen molar-refractivity contribution in [1.29, 1.82) is 0 Å². The Morgan fingerprint density at radius 1 is 1.36 bits per heavy atom. The third-order valence-electron chi connectivity index (χ3n) is 2.54. The molecule has 14 heavy (non-hydrogen) atoms. The highest BCUT2D eigenvalue weighted by molar-refractivity contribution is 5.71. The van der Waals surface area contributed by atoms with E-state index in [1.165, 1.54) is 0 Å². The molecule has 1 saturated heterocycles. The van der Waals surface area contributed by atoms with Gasteiger partial charge in [0, 0.05) is 6.61 Å². The van der Waals surface area contributed by atoms with Crippen molar-refractivity contribution in [3.05, 3.63) is 35.9 Å². The summed E-state index contributed by atoms with van der Waals surface area (Å²) < 4.78 is 5.43. The summed E-state index contributed by atoms with van der Waals surface area (Å²) in [5, 5.41) is 8.96. The van der Waals surface area contributed by atoms with Crippen LogP contribution in [0.2, 0.25) is 0 Å². The second-order valence-corrected chi connectivity index (χ2v) is 3.44. The second-order valence-electron chi connectivity index (χ2n) is 3.44. The van der Waals surface area contributed by atoms with Gasteiger partial charge in [-0.1, -0.05) is 30.3 Å². The van der Waals surface area contributed by atoms with E-state index in [4.69, 9.17) is 9.84 Å². The number of carboxylic acid groups (broad SMARTS) is 1. The average Bonchev–Trinajstić information content (AvgIpc) is 2.67. The Balaban J connectivity index is 2.22. The summed E-state index contributed by atoms with van der Waals surface area (Å²) in [6, 6.07) is 9.53. The molecule has 2 atom stereocenters. The summed E-state index contributed by atoms with van der Waals surface area (Å²) in [7, 11) is 0. The largest absolute Gasteiger partial charge is 0.481 e. The SMILES string of the molecule is O=C(O)[C@H]1CCO[C@@H]1c1ccccc1. The molecule has 3 nitrogen and oxygen atoms in total. The molecule has 0 saturated carbocycles. The first kappa shape index (κ1) is 9.21. The van der Waals surface area contributed by atoms with Gasteiger partial charge in [-0.2, -0.15) is 0 Å². The van der Waals surface area contributed by atoms with Crippen molar-refractivity contribution >= 4 is 5.97 Å². The van der Waals surface area contributed by atoms with Crippen molar-refractivity contribution in [2.45, 2.75) is 12.5 Å². The minimum Gasteiger partial charge on any atom is -0.481 e. The molecule has 1 aliphatic rings. The smallest absolute Gasteiger partial charge is 0.309 e. The summed E-state index contributed by atoms with van der Waals surface area (Å²) in [6.45, 7) is 0.538. The molecular formula is C11H12O3. The molecule has 0 aliphatic carbocycles. The van der Waals surface area contributed by atoms with Crippen molar-refractivity contribution in [2.75, 3.05) is 6.61 Å². The zero-order chi connectivity index (χ0) is 9.97. The molecule has 0 amide bonds. The predicted molar refractivity (Wildman–Crippen MR) is 50.9 cm³/mol. The number of carbonyl (C=O) groups is 1. The van der Waals surface area contributed by atoms with Crippen molar-refractivity contribution in [3.8, 4) is 0 Å². The number of hydrogen-bond acceptors (Lipinski definition) is 2. The molecule has 74 valence electrons. The highest BCUT2D eigenvalue weighted by atomic mass is 16.5. The van der Waals surface area contributed by atoms with E-state index in [0.717, 1.165) is 5.56 Å². The minimum atomic E-state index is -0.767. The maximum Gasteiger partial charge on any atom is 0.309 e. The van der Waals surface area contributed by atoms with Gasteiger partial charge >= 0.3 is 5.97 Å². The van der Waals surface area contributed by atoms with Gasteiger partial charge in [-0.25, -0.2) is 0 Å². The van der Waals surface area contributed by atoms with Crippen LogP contribution in [-0.2, 0) is 9.53 Å². The number of rotatable bonds is 2. The topological polar surface area (TPSA) is 46.5 Å². The van der Waals surface area contributed by atoms with Gasteiger partial charge < -0.3 is 9.84 Å². The molecule has 2 rings (SSSR count). The molecule has 1 aromatic carbocycles. The zero-order valence-corrected chi connectivity index (χ0v) is 7.72. The first-order chi connectivity index (χ1) is 6.79. The minimum absolute atomic E-state index is 0.270. The van der Waals surface area contributed by atoms with Gasteiger partial charge in [-0.05, 0) is 12.0 Å². The summed E-state index contributed by atoms with van der Waals surface area (Å²) in [6.07, 6.45) is 0.336. The fourth-order valence-electron chi connectivity index (χ4n) is 1.81. The van der Waals surface area contributed by atoms with Crippen LogP contribution in [0.25, 0.3) is 0 Å². The van der Waals surface area contributed by atoms with Gasteiger partial charge in [0.1, 0.15) is 0 Å². The number of benzene rings is 1. The summed E-state index contributed by atoms with van der Waals surface area (Å²) in [4.78, 5) is 10.9. The Morgan fingerprint density at radius 2 is 2.07 bits per heavy atom. The lowest BCUT2D eigenvalue weighted by atomic mass is 9.96. The number of carboxylic acids is 1. The van der Waals surface area contributed by atoms with Crippen LogP contribution >= 0.6 is 0 Å². The maximum atomic E-state index is 10.9. The normalized spacial score (nSPS) is 26.3. The molecule has 1 fully saturated rings. The number of aliphatic carboxylic acids is 1. The van der Waals surface area contributed by atoms with Gasteiger partial charge in [0.15, 0.2) is 0 Å². The Morgan fingerprint density at radius 3 is 2.71 bits per heavy atom. The van der Waals surface area contributed by atoms with Gasteiger partial charge in [0.25, 0.3) is 0 Å². The van der Waals surface area contributed by atoms with Crippen LogP contribution in [0.4, 0.5) is 0 Å². The monoisotopic (exact) mass is 192 g/mol. The molecule has 3 heteroatoms. The third-order valence-corrected chi connectivity index (χ3v) is 2.54. The Bertz CT molecular complexity index is 321. The molecule has 1 aliphatic heterocycles. The molecule has 1 N–H and O–H groups in total. The van der Waals surface area contributed by atoms with E-state index in [0.29, 0.717) is 13.0 Å². The van der Waals surface area contributed by atoms with Crippen molar-refractivity contribution < 1.29 is 14.6 Å². The molecule has 1 aromatic rings. The second kappa shape index (κ2) is 3.80. The van der Waals surface area contributed by atoms with Crippen LogP contribution in [0.1, 0.15) is 18.1 Å². The maximum absolute atomic E-state index is 10.9. The lowest BCUT2D eigenvalue weighted by Crippen LogP contribution is -2.17. The van der Waals surface area contributed by atoms with E-state index < -0.39 is 11.9 Å². The van der Waals surface area contributed by atoms with Crippen LogP contribution in [-0.4, -0.2) is 17.7 Å². The lowest BCUT2D eigenvalue weighted by molar-refractivity contribution is -0.143. The van der Waals surface area contributed by atoms with E-state index in [9.17, 15) is 4.79 Å². The van der Waals surface area contributed by atoms with E-state index in [-0.39, 0.29) is 6.10 Å². The van der Waals surface area contributed by atoms with Crippen molar-refractivity contribution in [3.63, 3.8) is 0 Å². The Kier molecular flexibility index (Phi) is 2.50. The van der Waals surface area contributed by atoms with E-state index in [2.05, 4.69) is 0 Å². The quantitative estimate of drug-likeness (QED) is 0.777. The lowest BCUT2D eigenvalue weighted by Gasteiger charge is -2.14. The molecule has 0 spiro atoms. The van der Waals surface area contributed by atoms with Crippen molar-refractivity contribution in [1.82, 2.24) is 0 Å². The highest BCUT2D eigenvalue weighted by Gasteiger charge is 2.34. The molecular weight excluding hydrogens is 180 g/mol. The predicted octanol–water partition coefficient (Wildman–Crippen LogP) is 1.85. The van der Waals surface area contributed by atoms with Gasteiger partial charge in [-0.3, -0.25) is 4.79 Å². The van der Waals surface area contributed by atoms with Crippen molar-refractivity contribution in [2.24, 2.45) is 5.92 Å². The van der Waals surface area contributed by atoms with Crippen LogP contribution in [0.3, 0.4) is 0 Å². The molecule has 1 heterocycles. The van der Waals surface area contributed by atoms with Gasteiger partial charge in [-0.15, -0.1) is 0 Å². The van der Waals surface area contributed by atoms with E-state index in [1.807, 2.05) is 30.3 Å². The Hall–Kier alpha value is -1.35. The first-order valence-corrected chi connectivity index (χ1v) is 4.68. The standard InChI is InChI=1S/C11H12O3/c12-11(13)9-6-7-14-10(9)8-4-2-1-3-5-8/h1-5,9-10H,6-7H2,(H,12,13)/t9-,10+/m0/s1. The Labute approximate surface area is 82.3 Å². The van der Waals surface area contributed by atoms with Crippen LogP contribution < -0.4 is 0 Å². The van der Waals surface area contributed by atoms with Crippen LogP contribution in [0.15, 0.2) is 30.3 Å². The first-order valence-electron chi connectivity index (χ1n) is 4.68. The third kappa shape index (κ3) is 1.63. The van der Waals surface area contributed by atoms with Crippen LogP contribution in [0, 0.1) is 5.92 Å². The van der Waals surface area contributed by atoms with E-state index >= 15 is 0 Å². The molecule has 0 radical (unpaired) electrons. The highest BCUT2D eigenvalue weighted by Crippen LogP contribution is 2.34. The average molecular weight is 192 g/mol. The number of hydrogen-bond donors (Lipinski definition) is 1. The summed E-state index contributed by atoms with van der Waals surface area (Å²) >= 11 is 0. The van der Waals surface area contributed by atoms with Crippen LogP contribution in [0.5, 0.6) is 0 Å². The zero-order valence-electron chi connectivity index (χ0n) is 7.72. The van der Waals surface area contributed by atoms with E-state index in [1.54, 1.807) is 0 Å². The fourth-order valence-corrected chi connectivity index (χ4v) is 1.81. The molecule has 0 aromatic heterocycles. The fraction of sp³-hybridized carbons (Fsp3) is 0.364.